The number of likely N-dealkylation sites (N-methyl/N-ethyl adjacent to an activating group) is 1. The minimum Gasteiger partial charge on any atom is -0.493 e. The van der Waals surface area contributed by atoms with Crippen LogP contribution in [0.2, 0.25) is 0 Å². The van der Waals surface area contributed by atoms with Crippen LogP contribution >= 0.6 is 0 Å². The molecule has 1 N–H and O–H groups in total. The minimum absolute atomic E-state index is 0.272. The molecule has 0 aliphatic carbocycles. The molecule has 1 aromatic carbocycles. The fourth-order valence-electron chi connectivity index (χ4n) is 2.46. The van der Waals surface area contributed by atoms with E-state index in [0.717, 1.165) is 44.3 Å². The first-order chi connectivity index (χ1) is 10.2. The van der Waals surface area contributed by atoms with E-state index in [1.54, 1.807) is 7.11 Å². The summed E-state index contributed by atoms with van der Waals surface area (Å²) in [5.41, 5.74) is 1.18. The normalized spacial score (nSPS) is 19.5. The summed E-state index contributed by atoms with van der Waals surface area (Å²) >= 11 is 0. The topological polar surface area (TPSA) is 43.0 Å². The SMILES string of the molecule is CCOc1ccc(CNC[C@H]2CN(C)CCO2)cc1OC. The van der Waals surface area contributed by atoms with Crippen molar-refractivity contribution in [3.63, 3.8) is 0 Å². The third-order valence-electron chi connectivity index (χ3n) is 3.57. The summed E-state index contributed by atoms with van der Waals surface area (Å²) in [5.74, 6) is 1.57. The fraction of sp³-hybridized carbons (Fsp3) is 0.625. The summed E-state index contributed by atoms with van der Waals surface area (Å²) in [6, 6.07) is 6.05. The summed E-state index contributed by atoms with van der Waals surface area (Å²) in [6.45, 7) is 7.09. The van der Waals surface area contributed by atoms with Crippen LogP contribution in [-0.2, 0) is 11.3 Å². The molecule has 2 rings (SSSR count). The highest BCUT2D eigenvalue weighted by atomic mass is 16.5. The van der Waals surface area contributed by atoms with Crippen molar-refractivity contribution in [1.29, 1.82) is 0 Å². The predicted molar refractivity (Wildman–Crippen MR) is 83.1 cm³/mol. The molecule has 5 nitrogen and oxygen atoms in total. The van der Waals surface area contributed by atoms with Gasteiger partial charge < -0.3 is 24.4 Å². The van der Waals surface area contributed by atoms with Crippen molar-refractivity contribution < 1.29 is 14.2 Å². The average Bonchev–Trinajstić information content (AvgIpc) is 2.49. The molecule has 0 aromatic heterocycles. The third kappa shape index (κ3) is 4.88. The number of morpholine rings is 1. The molecular weight excluding hydrogens is 268 g/mol. The second kappa shape index (κ2) is 8.22. The van der Waals surface area contributed by atoms with Crippen LogP contribution in [0.25, 0.3) is 0 Å². The maximum Gasteiger partial charge on any atom is 0.161 e. The van der Waals surface area contributed by atoms with Gasteiger partial charge in [0.2, 0.25) is 0 Å². The molecule has 0 radical (unpaired) electrons. The van der Waals surface area contributed by atoms with Crippen LogP contribution in [0.4, 0.5) is 0 Å². The molecule has 0 unspecified atom stereocenters. The summed E-state index contributed by atoms with van der Waals surface area (Å²) in [6.07, 6.45) is 0.272. The summed E-state index contributed by atoms with van der Waals surface area (Å²) < 4.78 is 16.6. The van der Waals surface area contributed by atoms with Crippen LogP contribution in [0.1, 0.15) is 12.5 Å². The van der Waals surface area contributed by atoms with Crippen molar-refractivity contribution >= 4 is 0 Å². The maximum absolute atomic E-state index is 5.73. The Morgan fingerprint density at radius 3 is 2.95 bits per heavy atom. The van der Waals surface area contributed by atoms with Gasteiger partial charge >= 0.3 is 0 Å². The van der Waals surface area contributed by atoms with Crippen molar-refractivity contribution in [2.75, 3.05) is 47.0 Å². The molecule has 0 amide bonds. The molecule has 0 bridgehead atoms. The van der Waals surface area contributed by atoms with Crippen LogP contribution in [-0.4, -0.2) is 58.0 Å². The lowest BCUT2D eigenvalue weighted by atomic mass is 10.2. The Kier molecular flexibility index (Phi) is 6.29. The lowest BCUT2D eigenvalue weighted by Crippen LogP contribution is -2.44. The van der Waals surface area contributed by atoms with Gasteiger partial charge in [-0.2, -0.15) is 0 Å². The first-order valence-corrected chi connectivity index (χ1v) is 7.53. The van der Waals surface area contributed by atoms with Crippen LogP contribution in [0.5, 0.6) is 11.5 Å². The Bertz CT molecular complexity index is 440. The van der Waals surface area contributed by atoms with Gasteiger partial charge in [0.15, 0.2) is 11.5 Å². The molecular formula is C16H26N2O3. The van der Waals surface area contributed by atoms with E-state index in [1.165, 1.54) is 5.56 Å². The highest BCUT2D eigenvalue weighted by Crippen LogP contribution is 2.27. The first kappa shape index (κ1) is 16.1. The van der Waals surface area contributed by atoms with Crippen molar-refractivity contribution in [2.45, 2.75) is 19.6 Å². The quantitative estimate of drug-likeness (QED) is 0.826. The van der Waals surface area contributed by atoms with Crippen molar-refractivity contribution in [2.24, 2.45) is 0 Å². The number of hydrogen-bond acceptors (Lipinski definition) is 5. The van der Waals surface area contributed by atoms with E-state index < -0.39 is 0 Å². The number of ether oxygens (including phenoxy) is 3. The van der Waals surface area contributed by atoms with Gasteiger partial charge in [0.25, 0.3) is 0 Å². The van der Waals surface area contributed by atoms with E-state index in [9.17, 15) is 0 Å². The zero-order valence-corrected chi connectivity index (χ0v) is 13.2. The van der Waals surface area contributed by atoms with Crippen LogP contribution in [0, 0.1) is 0 Å². The second-order valence-electron chi connectivity index (χ2n) is 5.30. The average molecular weight is 294 g/mol. The summed E-state index contributed by atoms with van der Waals surface area (Å²) in [4.78, 5) is 2.30. The molecule has 1 aliphatic heterocycles. The first-order valence-electron chi connectivity index (χ1n) is 7.53. The van der Waals surface area contributed by atoms with E-state index in [0.29, 0.717) is 6.61 Å². The molecule has 1 heterocycles. The van der Waals surface area contributed by atoms with Crippen molar-refractivity contribution in [1.82, 2.24) is 10.2 Å². The van der Waals surface area contributed by atoms with Crippen LogP contribution in [0.15, 0.2) is 18.2 Å². The summed E-state index contributed by atoms with van der Waals surface area (Å²) in [5, 5.41) is 3.45. The molecule has 1 saturated heterocycles. The number of methoxy groups -OCH3 is 1. The zero-order valence-electron chi connectivity index (χ0n) is 13.2. The van der Waals surface area contributed by atoms with Gasteiger partial charge in [0.05, 0.1) is 26.4 Å². The third-order valence-corrected chi connectivity index (χ3v) is 3.57. The van der Waals surface area contributed by atoms with Gasteiger partial charge in [-0.15, -0.1) is 0 Å². The lowest BCUT2D eigenvalue weighted by Gasteiger charge is -2.30. The Morgan fingerprint density at radius 1 is 1.38 bits per heavy atom. The lowest BCUT2D eigenvalue weighted by molar-refractivity contribution is -0.0182. The molecule has 1 aromatic rings. The molecule has 118 valence electrons. The monoisotopic (exact) mass is 294 g/mol. The molecule has 21 heavy (non-hydrogen) atoms. The Balaban J connectivity index is 1.82. The van der Waals surface area contributed by atoms with E-state index in [4.69, 9.17) is 14.2 Å². The Labute approximate surface area is 127 Å². The molecule has 1 fully saturated rings. The fourth-order valence-corrected chi connectivity index (χ4v) is 2.46. The second-order valence-corrected chi connectivity index (χ2v) is 5.30. The number of rotatable bonds is 7. The molecule has 1 atom stereocenters. The number of nitrogens with one attached hydrogen (secondary N) is 1. The number of benzene rings is 1. The predicted octanol–water partition coefficient (Wildman–Crippen LogP) is 1.51. The smallest absolute Gasteiger partial charge is 0.161 e. The van der Waals surface area contributed by atoms with Gasteiger partial charge in [0.1, 0.15) is 0 Å². The summed E-state index contributed by atoms with van der Waals surface area (Å²) in [7, 11) is 3.80. The van der Waals surface area contributed by atoms with Gasteiger partial charge in [-0.25, -0.2) is 0 Å². The maximum atomic E-state index is 5.73. The Hall–Kier alpha value is -1.30. The molecule has 0 saturated carbocycles. The highest BCUT2D eigenvalue weighted by molar-refractivity contribution is 5.42. The zero-order chi connectivity index (χ0) is 15.1. The number of hydrogen-bond donors (Lipinski definition) is 1. The van der Waals surface area contributed by atoms with Crippen LogP contribution < -0.4 is 14.8 Å². The van der Waals surface area contributed by atoms with Gasteiger partial charge in [0, 0.05) is 26.2 Å². The minimum atomic E-state index is 0.272. The van der Waals surface area contributed by atoms with E-state index in [2.05, 4.69) is 23.3 Å². The van der Waals surface area contributed by atoms with E-state index >= 15 is 0 Å². The van der Waals surface area contributed by atoms with Gasteiger partial charge in [-0.1, -0.05) is 6.07 Å². The largest absolute Gasteiger partial charge is 0.493 e. The van der Waals surface area contributed by atoms with E-state index in [-0.39, 0.29) is 6.10 Å². The molecule has 0 spiro atoms. The van der Waals surface area contributed by atoms with E-state index in [1.807, 2.05) is 19.1 Å². The van der Waals surface area contributed by atoms with Crippen LogP contribution in [0.3, 0.4) is 0 Å². The standard InChI is InChI=1S/C16H26N2O3/c1-4-20-15-6-5-13(9-16(15)19-3)10-17-11-14-12-18(2)7-8-21-14/h5-6,9,14,17H,4,7-8,10-12H2,1-3H3/t14-/m0/s1. The highest BCUT2D eigenvalue weighted by Gasteiger charge is 2.16. The molecule has 5 heteroatoms. The number of nitrogens with zero attached hydrogens (tertiary/aromatic N) is 1. The van der Waals surface area contributed by atoms with Crippen molar-refractivity contribution in [3.8, 4) is 11.5 Å². The Morgan fingerprint density at radius 2 is 2.24 bits per heavy atom. The van der Waals surface area contributed by atoms with Gasteiger partial charge in [-0.3, -0.25) is 0 Å². The van der Waals surface area contributed by atoms with Crippen molar-refractivity contribution in [3.05, 3.63) is 23.8 Å². The van der Waals surface area contributed by atoms with Gasteiger partial charge in [-0.05, 0) is 31.7 Å². The molecule has 1 aliphatic rings.